The number of aromatic nitrogens is 2. The van der Waals surface area contributed by atoms with Gasteiger partial charge in [-0.2, -0.15) is 0 Å². The molecular weight excluding hydrogens is 244 g/mol. The molecule has 0 fully saturated rings. The fraction of sp³-hybridized carbons (Fsp3) is 0.429. The van der Waals surface area contributed by atoms with E-state index in [9.17, 15) is 9.59 Å². The summed E-state index contributed by atoms with van der Waals surface area (Å²) in [7, 11) is 0. The van der Waals surface area contributed by atoms with Crippen LogP contribution < -0.4 is 11.2 Å². The third-order valence-electron chi connectivity index (χ3n) is 2.87. The Bertz CT molecular complexity index is 670. The number of nitrogens with one attached hydrogen (secondary N) is 1. The van der Waals surface area contributed by atoms with Crippen molar-refractivity contribution < 1.29 is 4.74 Å². The highest BCUT2D eigenvalue weighted by atomic mass is 16.5. The topological polar surface area (TPSA) is 64.1 Å². The number of benzene rings is 1. The lowest BCUT2D eigenvalue weighted by Crippen LogP contribution is -2.35. The van der Waals surface area contributed by atoms with Gasteiger partial charge < -0.3 is 9.72 Å². The average molecular weight is 262 g/mol. The summed E-state index contributed by atoms with van der Waals surface area (Å²) in [6.07, 6.45) is 0.797. The zero-order valence-corrected chi connectivity index (χ0v) is 11.2. The van der Waals surface area contributed by atoms with Crippen LogP contribution in [-0.2, 0) is 11.3 Å². The minimum atomic E-state index is -0.367. The standard InChI is InChI=1S/C14H18N2O3/c1-10(2)19-9-5-8-16-13(17)11-6-3-4-7-12(11)15-14(16)18/h3-4,6-7,10H,5,8-9H2,1-2H3,(H,15,18). The van der Waals surface area contributed by atoms with Gasteiger partial charge in [0.05, 0.1) is 17.0 Å². The van der Waals surface area contributed by atoms with Crippen molar-refractivity contribution in [2.24, 2.45) is 0 Å². The van der Waals surface area contributed by atoms with Crippen LogP contribution >= 0.6 is 0 Å². The molecule has 0 radical (unpaired) electrons. The third-order valence-corrected chi connectivity index (χ3v) is 2.87. The van der Waals surface area contributed by atoms with Gasteiger partial charge in [-0.15, -0.1) is 0 Å². The van der Waals surface area contributed by atoms with Crippen LogP contribution in [0, 0.1) is 0 Å². The Balaban J connectivity index is 2.24. The van der Waals surface area contributed by atoms with Crippen molar-refractivity contribution in [3.05, 3.63) is 45.1 Å². The molecule has 0 atom stereocenters. The summed E-state index contributed by atoms with van der Waals surface area (Å²) in [4.78, 5) is 26.7. The van der Waals surface area contributed by atoms with Crippen LogP contribution in [0.2, 0.25) is 0 Å². The molecule has 0 spiro atoms. The molecule has 1 aromatic heterocycles. The summed E-state index contributed by atoms with van der Waals surface area (Å²) < 4.78 is 6.63. The van der Waals surface area contributed by atoms with Crippen molar-refractivity contribution in [2.75, 3.05) is 6.61 Å². The lowest BCUT2D eigenvalue weighted by Gasteiger charge is -2.08. The first-order valence-corrected chi connectivity index (χ1v) is 6.43. The van der Waals surface area contributed by atoms with Gasteiger partial charge in [-0.1, -0.05) is 12.1 Å². The monoisotopic (exact) mass is 262 g/mol. The number of H-pyrrole nitrogens is 1. The molecule has 0 aliphatic heterocycles. The SMILES string of the molecule is CC(C)OCCCn1c(=O)[nH]c2ccccc2c1=O. The lowest BCUT2D eigenvalue weighted by molar-refractivity contribution is 0.0745. The van der Waals surface area contributed by atoms with Gasteiger partial charge >= 0.3 is 5.69 Å². The van der Waals surface area contributed by atoms with Crippen molar-refractivity contribution >= 4 is 10.9 Å². The predicted molar refractivity (Wildman–Crippen MR) is 74.5 cm³/mol. The number of hydrogen-bond acceptors (Lipinski definition) is 3. The van der Waals surface area contributed by atoms with Crippen LogP contribution in [0.15, 0.2) is 33.9 Å². The molecule has 0 aliphatic carbocycles. The van der Waals surface area contributed by atoms with E-state index in [1.54, 1.807) is 24.3 Å². The van der Waals surface area contributed by atoms with Gasteiger partial charge in [0, 0.05) is 13.2 Å². The Hall–Kier alpha value is -1.88. The number of hydrogen-bond donors (Lipinski definition) is 1. The first-order valence-electron chi connectivity index (χ1n) is 6.43. The Morgan fingerprint density at radius 1 is 1.26 bits per heavy atom. The molecule has 102 valence electrons. The minimum Gasteiger partial charge on any atom is -0.379 e. The summed E-state index contributed by atoms with van der Waals surface area (Å²) in [6.45, 7) is 4.81. The Morgan fingerprint density at radius 2 is 2.00 bits per heavy atom. The first-order chi connectivity index (χ1) is 9.09. The van der Waals surface area contributed by atoms with Gasteiger partial charge in [-0.05, 0) is 32.4 Å². The zero-order chi connectivity index (χ0) is 13.8. The van der Waals surface area contributed by atoms with E-state index in [0.29, 0.717) is 30.5 Å². The zero-order valence-electron chi connectivity index (χ0n) is 11.2. The Kier molecular flexibility index (Phi) is 4.16. The number of fused-ring (bicyclic) bond motifs is 1. The fourth-order valence-electron chi connectivity index (χ4n) is 1.94. The second-order valence-corrected chi connectivity index (χ2v) is 4.71. The van der Waals surface area contributed by atoms with Gasteiger partial charge in [0.25, 0.3) is 5.56 Å². The molecule has 5 heteroatoms. The molecule has 0 aliphatic rings. The second kappa shape index (κ2) is 5.84. The van der Waals surface area contributed by atoms with Crippen LogP contribution in [0.5, 0.6) is 0 Å². The largest absolute Gasteiger partial charge is 0.379 e. The highest BCUT2D eigenvalue weighted by molar-refractivity contribution is 5.76. The van der Waals surface area contributed by atoms with Gasteiger partial charge in [-0.3, -0.25) is 9.36 Å². The predicted octanol–water partition coefficient (Wildman–Crippen LogP) is 1.50. The number of nitrogens with zero attached hydrogens (tertiary/aromatic N) is 1. The summed E-state index contributed by atoms with van der Waals surface area (Å²) >= 11 is 0. The molecule has 5 nitrogen and oxygen atoms in total. The molecule has 0 saturated heterocycles. The van der Waals surface area contributed by atoms with E-state index >= 15 is 0 Å². The number of aromatic amines is 1. The highest BCUT2D eigenvalue weighted by Crippen LogP contribution is 2.03. The maximum Gasteiger partial charge on any atom is 0.328 e. The number of para-hydroxylation sites is 1. The number of rotatable bonds is 5. The Morgan fingerprint density at radius 3 is 2.74 bits per heavy atom. The van der Waals surface area contributed by atoms with Gasteiger partial charge in [-0.25, -0.2) is 4.79 Å². The normalized spacial score (nSPS) is 11.3. The summed E-state index contributed by atoms with van der Waals surface area (Å²) in [5.41, 5.74) is -0.0377. The minimum absolute atomic E-state index is 0.159. The van der Waals surface area contributed by atoms with E-state index in [0.717, 1.165) is 0 Å². The molecule has 2 rings (SSSR count). The van der Waals surface area contributed by atoms with E-state index in [-0.39, 0.29) is 17.4 Å². The van der Waals surface area contributed by atoms with Crippen molar-refractivity contribution in [1.29, 1.82) is 0 Å². The van der Waals surface area contributed by atoms with Crippen LogP contribution in [0.3, 0.4) is 0 Å². The van der Waals surface area contributed by atoms with Crippen LogP contribution in [0.4, 0.5) is 0 Å². The quantitative estimate of drug-likeness (QED) is 0.831. The van der Waals surface area contributed by atoms with Crippen molar-refractivity contribution in [3.63, 3.8) is 0 Å². The van der Waals surface area contributed by atoms with Crippen molar-refractivity contribution in [1.82, 2.24) is 9.55 Å². The Labute approximate surface area is 110 Å². The summed E-state index contributed by atoms with van der Waals surface area (Å²) in [5, 5.41) is 0.534. The van der Waals surface area contributed by atoms with Gasteiger partial charge in [0.1, 0.15) is 0 Å². The van der Waals surface area contributed by atoms with Gasteiger partial charge in [0.2, 0.25) is 0 Å². The highest BCUT2D eigenvalue weighted by Gasteiger charge is 2.06. The molecule has 0 unspecified atom stereocenters. The molecule has 0 amide bonds. The van der Waals surface area contributed by atoms with E-state index in [4.69, 9.17) is 4.74 Å². The molecule has 1 N–H and O–H groups in total. The maximum atomic E-state index is 12.2. The average Bonchev–Trinajstić information content (AvgIpc) is 2.37. The second-order valence-electron chi connectivity index (χ2n) is 4.71. The molecule has 19 heavy (non-hydrogen) atoms. The van der Waals surface area contributed by atoms with Crippen LogP contribution in [0.25, 0.3) is 10.9 Å². The first kappa shape index (κ1) is 13.5. The van der Waals surface area contributed by atoms with Crippen LogP contribution in [0.1, 0.15) is 20.3 Å². The fourth-order valence-corrected chi connectivity index (χ4v) is 1.94. The lowest BCUT2D eigenvalue weighted by atomic mass is 10.2. The smallest absolute Gasteiger partial charge is 0.328 e. The van der Waals surface area contributed by atoms with E-state index in [1.165, 1.54) is 4.57 Å². The molecular formula is C14H18N2O3. The summed E-state index contributed by atoms with van der Waals surface area (Å²) in [6, 6.07) is 7.02. The molecule has 1 heterocycles. The maximum absolute atomic E-state index is 12.2. The summed E-state index contributed by atoms with van der Waals surface area (Å²) in [5.74, 6) is 0. The molecule has 2 aromatic rings. The van der Waals surface area contributed by atoms with Crippen LogP contribution in [-0.4, -0.2) is 22.3 Å². The number of ether oxygens (including phenoxy) is 1. The van der Waals surface area contributed by atoms with E-state index < -0.39 is 0 Å². The molecule has 0 bridgehead atoms. The third kappa shape index (κ3) is 3.12. The van der Waals surface area contributed by atoms with Crippen molar-refractivity contribution in [2.45, 2.75) is 32.9 Å². The van der Waals surface area contributed by atoms with Gasteiger partial charge in [0.15, 0.2) is 0 Å². The molecule has 1 aromatic carbocycles. The van der Waals surface area contributed by atoms with Crippen molar-refractivity contribution in [3.8, 4) is 0 Å². The van der Waals surface area contributed by atoms with E-state index in [2.05, 4.69) is 4.98 Å². The van der Waals surface area contributed by atoms with E-state index in [1.807, 2.05) is 13.8 Å². The molecule has 0 saturated carbocycles.